The summed E-state index contributed by atoms with van der Waals surface area (Å²) in [4.78, 5) is 34.6. The molecular formula is C17H22N2O4. The van der Waals surface area contributed by atoms with E-state index in [1.165, 1.54) is 6.08 Å². The summed E-state index contributed by atoms with van der Waals surface area (Å²) < 4.78 is 4.74. The largest absolute Gasteiger partial charge is 0.452 e. The van der Waals surface area contributed by atoms with Crippen LogP contribution in [0.4, 0.5) is 5.69 Å². The number of amides is 2. The maximum absolute atomic E-state index is 11.8. The number of rotatable bonds is 6. The van der Waals surface area contributed by atoms with Crippen LogP contribution in [0.2, 0.25) is 0 Å². The molecule has 0 aromatic heterocycles. The minimum atomic E-state index is -0.583. The molecule has 6 heteroatoms. The Morgan fingerprint density at radius 2 is 1.83 bits per heavy atom. The van der Waals surface area contributed by atoms with Gasteiger partial charge in [0.1, 0.15) is 0 Å². The first-order valence-corrected chi connectivity index (χ1v) is 7.24. The lowest BCUT2D eigenvalue weighted by Crippen LogP contribution is -2.35. The topological polar surface area (TPSA) is 84.5 Å². The van der Waals surface area contributed by atoms with E-state index < -0.39 is 18.5 Å². The molecule has 1 aromatic carbocycles. The van der Waals surface area contributed by atoms with Crippen LogP contribution in [-0.2, 0) is 19.1 Å². The van der Waals surface area contributed by atoms with E-state index in [0.29, 0.717) is 5.69 Å². The number of anilines is 1. The van der Waals surface area contributed by atoms with Gasteiger partial charge in [-0.05, 0) is 44.9 Å². The Labute approximate surface area is 135 Å². The highest BCUT2D eigenvalue weighted by atomic mass is 16.5. The number of hydrogen-bond acceptors (Lipinski definition) is 4. The Kier molecular flexibility index (Phi) is 6.99. The molecule has 0 heterocycles. The van der Waals surface area contributed by atoms with Crippen LogP contribution in [-0.4, -0.2) is 30.9 Å². The van der Waals surface area contributed by atoms with Crippen molar-refractivity contribution in [1.29, 1.82) is 0 Å². The summed E-state index contributed by atoms with van der Waals surface area (Å²) in [5.41, 5.74) is 3.53. The van der Waals surface area contributed by atoms with E-state index >= 15 is 0 Å². The Bertz CT molecular complexity index is 631. The van der Waals surface area contributed by atoms with E-state index in [9.17, 15) is 14.4 Å². The molecular weight excluding hydrogens is 296 g/mol. The molecule has 1 rings (SSSR count). The second-order valence-electron chi connectivity index (χ2n) is 5.40. The maximum atomic E-state index is 11.8. The highest BCUT2D eigenvalue weighted by Crippen LogP contribution is 2.17. The Morgan fingerprint density at radius 1 is 1.13 bits per heavy atom. The number of aryl methyl sites for hydroxylation is 1. The lowest BCUT2D eigenvalue weighted by atomic mass is 10.1. The summed E-state index contributed by atoms with van der Waals surface area (Å²) in [6.07, 6.45) is 1.29. The van der Waals surface area contributed by atoms with Gasteiger partial charge in [0.25, 0.3) is 5.91 Å². The molecule has 2 amide bonds. The first kappa shape index (κ1) is 18.4. The smallest absolute Gasteiger partial charge is 0.331 e. The average Bonchev–Trinajstić information content (AvgIpc) is 2.47. The molecule has 0 aliphatic carbocycles. The molecule has 0 bridgehead atoms. The molecule has 0 aliphatic heterocycles. The molecule has 6 nitrogen and oxygen atoms in total. The summed E-state index contributed by atoms with van der Waals surface area (Å²) in [5, 5.41) is 5.12. The van der Waals surface area contributed by atoms with E-state index in [1.807, 2.05) is 26.0 Å². The Balaban J connectivity index is 2.38. The zero-order chi connectivity index (χ0) is 17.4. The first-order chi connectivity index (χ1) is 10.8. The van der Waals surface area contributed by atoms with Crippen molar-refractivity contribution >= 4 is 23.5 Å². The zero-order valence-corrected chi connectivity index (χ0v) is 13.9. The highest BCUT2D eigenvalue weighted by Gasteiger charge is 2.09. The number of hydrogen-bond donors (Lipinski definition) is 2. The number of benzene rings is 1. The molecule has 0 unspecified atom stereocenters. The van der Waals surface area contributed by atoms with Crippen molar-refractivity contribution in [2.45, 2.75) is 27.7 Å². The van der Waals surface area contributed by atoms with Crippen LogP contribution in [0.3, 0.4) is 0 Å². The van der Waals surface area contributed by atoms with Crippen LogP contribution >= 0.6 is 0 Å². The predicted molar refractivity (Wildman–Crippen MR) is 87.9 cm³/mol. The third kappa shape index (κ3) is 6.78. The van der Waals surface area contributed by atoms with Crippen LogP contribution in [0.15, 0.2) is 29.8 Å². The second kappa shape index (κ2) is 8.73. The molecule has 0 saturated carbocycles. The number of allylic oxidation sites excluding steroid dienone is 1. The second-order valence-corrected chi connectivity index (χ2v) is 5.40. The fraction of sp³-hybridized carbons (Fsp3) is 0.353. The molecule has 0 fully saturated rings. The van der Waals surface area contributed by atoms with Crippen LogP contribution in [0.5, 0.6) is 0 Å². The molecule has 0 aliphatic rings. The lowest BCUT2D eigenvalue weighted by molar-refractivity contribution is -0.144. The predicted octanol–water partition coefficient (Wildman–Crippen LogP) is 1.87. The highest BCUT2D eigenvalue weighted by molar-refractivity contribution is 5.95. The molecule has 0 saturated heterocycles. The normalized spacial score (nSPS) is 9.74. The van der Waals surface area contributed by atoms with Gasteiger partial charge in [-0.3, -0.25) is 9.59 Å². The van der Waals surface area contributed by atoms with Gasteiger partial charge in [0.05, 0.1) is 6.54 Å². The summed E-state index contributed by atoms with van der Waals surface area (Å²) in [6, 6.07) is 5.59. The quantitative estimate of drug-likeness (QED) is 0.619. The molecule has 1 aromatic rings. The van der Waals surface area contributed by atoms with Gasteiger partial charge < -0.3 is 15.4 Å². The summed E-state index contributed by atoms with van der Waals surface area (Å²) >= 11 is 0. The van der Waals surface area contributed by atoms with E-state index in [0.717, 1.165) is 16.7 Å². The fourth-order valence-corrected chi connectivity index (χ4v) is 1.72. The molecule has 0 radical (unpaired) electrons. The number of carbonyl (C=O) groups excluding carboxylic acids is 3. The van der Waals surface area contributed by atoms with E-state index in [1.54, 1.807) is 19.9 Å². The third-order valence-electron chi connectivity index (χ3n) is 3.08. The van der Waals surface area contributed by atoms with Crippen LogP contribution < -0.4 is 10.6 Å². The monoisotopic (exact) mass is 318 g/mol. The van der Waals surface area contributed by atoms with Crippen molar-refractivity contribution in [3.63, 3.8) is 0 Å². The number of esters is 1. The minimum absolute atomic E-state index is 0.188. The standard InChI is InChI=1S/C17H22N2O4/c1-11(2)8-17(22)23-10-16(21)18-9-15(20)19-14-7-5-6-12(3)13(14)4/h5-8H,9-10H2,1-4H3,(H,18,21)(H,19,20). The van der Waals surface area contributed by atoms with Gasteiger partial charge in [-0.15, -0.1) is 0 Å². The molecule has 2 N–H and O–H groups in total. The molecule has 124 valence electrons. The van der Waals surface area contributed by atoms with Crippen molar-refractivity contribution in [3.05, 3.63) is 41.0 Å². The van der Waals surface area contributed by atoms with Gasteiger partial charge in [-0.1, -0.05) is 17.7 Å². The molecule has 23 heavy (non-hydrogen) atoms. The van der Waals surface area contributed by atoms with Crippen LogP contribution in [0.25, 0.3) is 0 Å². The average molecular weight is 318 g/mol. The van der Waals surface area contributed by atoms with Crippen molar-refractivity contribution in [2.75, 3.05) is 18.5 Å². The van der Waals surface area contributed by atoms with Gasteiger partial charge >= 0.3 is 5.97 Å². The SMILES string of the molecule is CC(C)=CC(=O)OCC(=O)NCC(=O)Nc1cccc(C)c1C. The summed E-state index contributed by atoms with van der Waals surface area (Å²) in [6.45, 7) is 6.75. The number of carbonyl (C=O) groups is 3. The molecule has 0 spiro atoms. The van der Waals surface area contributed by atoms with Crippen LogP contribution in [0, 0.1) is 13.8 Å². The minimum Gasteiger partial charge on any atom is -0.452 e. The zero-order valence-electron chi connectivity index (χ0n) is 13.9. The number of nitrogens with one attached hydrogen (secondary N) is 2. The number of ether oxygens (including phenoxy) is 1. The van der Waals surface area contributed by atoms with Crippen molar-refractivity contribution in [2.24, 2.45) is 0 Å². The van der Waals surface area contributed by atoms with Crippen LogP contribution in [0.1, 0.15) is 25.0 Å². The van der Waals surface area contributed by atoms with Crippen molar-refractivity contribution in [3.8, 4) is 0 Å². The van der Waals surface area contributed by atoms with E-state index in [4.69, 9.17) is 4.74 Å². The summed E-state index contributed by atoms with van der Waals surface area (Å²) in [7, 11) is 0. The van der Waals surface area contributed by atoms with Gasteiger partial charge in [-0.25, -0.2) is 4.79 Å². The third-order valence-corrected chi connectivity index (χ3v) is 3.08. The van der Waals surface area contributed by atoms with Gasteiger partial charge in [0.2, 0.25) is 5.91 Å². The summed E-state index contributed by atoms with van der Waals surface area (Å²) in [5.74, 6) is -1.46. The van der Waals surface area contributed by atoms with E-state index in [2.05, 4.69) is 10.6 Å². The van der Waals surface area contributed by atoms with Crippen molar-refractivity contribution < 1.29 is 19.1 Å². The maximum Gasteiger partial charge on any atom is 0.331 e. The lowest BCUT2D eigenvalue weighted by Gasteiger charge is -2.11. The van der Waals surface area contributed by atoms with Crippen molar-refractivity contribution in [1.82, 2.24) is 5.32 Å². The van der Waals surface area contributed by atoms with Gasteiger partial charge in [0, 0.05) is 11.8 Å². The first-order valence-electron chi connectivity index (χ1n) is 7.24. The Hall–Kier alpha value is -2.63. The van der Waals surface area contributed by atoms with Gasteiger partial charge in [-0.2, -0.15) is 0 Å². The van der Waals surface area contributed by atoms with E-state index in [-0.39, 0.29) is 12.5 Å². The molecule has 0 atom stereocenters. The van der Waals surface area contributed by atoms with Gasteiger partial charge in [0.15, 0.2) is 6.61 Å². The fourth-order valence-electron chi connectivity index (χ4n) is 1.72. The Morgan fingerprint density at radius 3 is 2.48 bits per heavy atom.